The number of methoxy groups -OCH3 is 1. The molecule has 0 spiro atoms. The summed E-state index contributed by atoms with van der Waals surface area (Å²) >= 11 is 6.21. The van der Waals surface area contributed by atoms with Gasteiger partial charge in [0, 0.05) is 31.1 Å². The highest BCUT2D eigenvalue weighted by Crippen LogP contribution is 2.45. The van der Waals surface area contributed by atoms with E-state index in [1.54, 1.807) is 13.2 Å². The zero-order valence-electron chi connectivity index (χ0n) is 19.1. The second kappa shape index (κ2) is 8.86. The topological polar surface area (TPSA) is 69.5 Å². The van der Waals surface area contributed by atoms with E-state index in [4.69, 9.17) is 21.1 Å². The van der Waals surface area contributed by atoms with Crippen LogP contribution in [-0.2, 0) is 16.8 Å². The largest absolute Gasteiger partial charge is 0.497 e. The Morgan fingerprint density at radius 3 is 2.76 bits per heavy atom. The molecule has 1 saturated heterocycles. The molecule has 0 unspecified atom stereocenters. The van der Waals surface area contributed by atoms with Gasteiger partial charge in [-0.05, 0) is 56.2 Å². The normalized spacial score (nSPS) is 19.3. The molecule has 2 fully saturated rings. The third kappa shape index (κ3) is 4.64. The Kier molecular flexibility index (Phi) is 5.91. The Morgan fingerprint density at radius 2 is 2.03 bits per heavy atom. The van der Waals surface area contributed by atoms with Crippen molar-refractivity contribution in [3.05, 3.63) is 47.4 Å². The van der Waals surface area contributed by atoms with Gasteiger partial charge in [0.15, 0.2) is 0 Å². The minimum Gasteiger partial charge on any atom is -0.497 e. The lowest BCUT2D eigenvalue weighted by atomic mass is 10.1. The Balaban J connectivity index is 1.17. The van der Waals surface area contributed by atoms with Crippen LogP contribution in [0.15, 0.2) is 36.7 Å². The summed E-state index contributed by atoms with van der Waals surface area (Å²) in [5.41, 5.74) is 3.00. The number of aromatic nitrogens is 3. The van der Waals surface area contributed by atoms with Gasteiger partial charge in [0.25, 0.3) is 0 Å². The van der Waals surface area contributed by atoms with Gasteiger partial charge in [0.2, 0.25) is 11.8 Å². The van der Waals surface area contributed by atoms with E-state index in [1.807, 2.05) is 23.4 Å². The maximum absolute atomic E-state index is 12.5. The average Bonchev–Trinajstić information content (AvgIpc) is 3.24. The van der Waals surface area contributed by atoms with E-state index < -0.39 is 0 Å². The molecule has 33 heavy (non-hydrogen) atoms. The molecule has 5 rings (SSSR count). The van der Waals surface area contributed by atoms with Crippen LogP contribution in [0, 0.1) is 5.92 Å². The number of pyridine rings is 1. The summed E-state index contributed by atoms with van der Waals surface area (Å²) in [5, 5.41) is 0.379. The van der Waals surface area contributed by atoms with E-state index in [2.05, 4.69) is 33.6 Å². The third-order valence-corrected chi connectivity index (χ3v) is 7.10. The van der Waals surface area contributed by atoms with Crippen LogP contribution in [0.1, 0.15) is 38.2 Å². The van der Waals surface area contributed by atoms with Crippen molar-refractivity contribution in [3.63, 3.8) is 0 Å². The van der Waals surface area contributed by atoms with Gasteiger partial charge in [-0.15, -0.1) is 0 Å². The number of imidazole rings is 1. The smallest absolute Gasteiger partial charge is 0.241 e. The van der Waals surface area contributed by atoms with Crippen molar-refractivity contribution >= 4 is 28.5 Å². The zero-order valence-corrected chi connectivity index (χ0v) is 19.8. The fraction of sp³-hybridized carbons (Fsp3) is 0.480. The summed E-state index contributed by atoms with van der Waals surface area (Å²) in [4.78, 5) is 23.4. The predicted octanol–water partition coefficient (Wildman–Crippen LogP) is 4.46. The van der Waals surface area contributed by atoms with Crippen LogP contribution in [0.4, 0.5) is 0 Å². The first-order valence-corrected chi connectivity index (χ1v) is 11.9. The van der Waals surface area contributed by atoms with E-state index in [0.717, 1.165) is 55.6 Å². The summed E-state index contributed by atoms with van der Waals surface area (Å²) in [6.45, 7) is 4.22. The second-order valence-electron chi connectivity index (χ2n) is 9.37. The van der Waals surface area contributed by atoms with Crippen molar-refractivity contribution in [1.82, 2.24) is 19.4 Å². The fourth-order valence-corrected chi connectivity index (χ4v) is 4.73. The van der Waals surface area contributed by atoms with E-state index >= 15 is 0 Å². The van der Waals surface area contributed by atoms with Gasteiger partial charge < -0.3 is 18.9 Å². The molecule has 174 valence electrons. The standard InChI is InChI=1S/C25H29ClN4O3/c1-25(9-10-25)30-16-27-20-14-21(26)28-24(23(20)30)33-12-8-18-13-22(31)29(15-18)11-7-17-3-5-19(32-2)6-4-17/h3-6,14,16,18H,7-13,15H2,1-2H3/t18-/m1/s1. The number of hydrogen-bond acceptors (Lipinski definition) is 5. The quantitative estimate of drug-likeness (QED) is 0.433. The third-order valence-electron chi connectivity index (χ3n) is 6.91. The van der Waals surface area contributed by atoms with Crippen molar-refractivity contribution in [3.8, 4) is 11.6 Å². The molecular weight excluding hydrogens is 440 g/mol. The van der Waals surface area contributed by atoms with Crippen LogP contribution in [0.5, 0.6) is 11.6 Å². The van der Waals surface area contributed by atoms with Crippen molar-refractivity contribution in [2.75, 3.05) is 26.8 Å². The van der Waals surface area contributed by atoms with E-state index in [9.17, 15) is 4.79 Å². The van der Waals surface area contributed by atoms with Crippen LogP contribution < -0.4 is 9.47 Å². The average molecular weight is 469 g/mol. The highest BCUT2D eigenvalue weighted by molar-refractivity contribution is 6.30. The summed E-state index contributed by atoms with van der Waals surface area (Å²) in [6, 6.07) is 9.80. The van der Waals surface area contributed by atoms with Gasteiger partial charge in [-0.1, -0.05) is 23.7 Å². The molecular formula is C25H29ClN4O3. The lowest BCUT2D eigenvalue weighted by Crippen LogP contribution is -2.27. The van der Waals surface area contributed by atoms with Crippen LogP contribution in [0.25, 0.3) is 11.0 Å². The number of halogens is 1. The molecule has 2 aliphatic rings. The molecule has 0 N–H and O–H groups in total. The minimum absolute atomic E-state index is 0.0879. The van der Waals surface area contributed by atoms with Crippen molar-refractivity contribution in [2.45, 2.75) is 44.6 Å². The summed E-state index contributed by atoms with van der Waals surface area (Å²) < 4.78 is 13.5. The molecule has 0 radical (unpaired) electrons. The molecule has 0 bridgehead atoms. The van der Waals surface area contributed by atoms with Crippen LogP contribution in [-0.4, -0.2) is 52.1 Å². The number of carbonyl (C=O) groups excluding carboxylic acids is 1. The number of nitrogens with zero attached hydrogens (tertiary/aromatic N) is 4. The molecule has 3 heterocycles. The van der Waals surface area contributed by atoms with E-state index in [1.165, 1.54) is 5.56 Å². The molecule has 1 aliphatic heterocycles. The van der Waals surface area contributed by atoms with Crippen LogP contribution in [0.2, 0.25) is 5.15 Å². The molecule has 8 heteroatoms. The zero-order chi connectivity index (χ0) is 23.0. The minimum atomic E-state index is 0.0879. The number of ether oxygens (including phenoxy) is 2. The summed E-state index contributed by atoms with van der Waals surface area (Å²) in [7, 11) is 1.66. The second-order valence-corrected chi connectivity index (χ2v) is 9.76. The van der Waals surface area contributed by atoms with Gasteiger partial charge in [0.1, 0.15) is 16.4 Å². The molecule has 7 nitrogen and oxygen atoms in total. The van der Waals surface area contributed by atoms with E-state index in [0.29, 0.717) is 24.1 Å². The first-order chi connectivity index (χ1) is 15.9. The lowest BCUT2D eigenvalue weighted by Gasteiger charge is -2.17. The predicted molar refractivity (Wildman–Crippen MR) is 127 cm³/mol. The molecule has 3 aromatic rings. The van der Waals surface area contributed by atoms with E-state index in [-0.39, 0.29) is 17.4 Å². The molecule has 1 amide bonds. The Morgan fingerprint density at radius 1 is 1.24 bits per heavy atom. The highest BCUT2D eigenvalue weighted by atomic mass is 35.5. The van der Waals surface area contributed by atoms with Gasteiger partial charge >= 0.3 is 0 Å². The van der Waals surface area contributed by atoms with Crippen LogP contribution in [0.3, 0.4) is 0 Å². The fourth-order valence-electron chi connectivity index (χ4n) is 4.55. The summed E-state index contributed by atoms with van der Waals surface area (Å²) in [6.07, 6.45) is 6.31. The first kappa shape index (κ1) is 22.0. The maximum atomic E-state index is 12.5. The van der Waals surface area contributed by atoms with Crippen molar-refractivity contribution in [1.29, 1.82) is 0 Å². The lowest BCUT2D eigenvalue weighted by molar-refractivity contribution is -0.127. The molecule has 1 aromatic carbocycles. The van der Waals surface area contributed by atoms with Gasteiger partial charge in [-0.2, -0.15) is 4.98 Å². The van der Waals surface area contributed by atoms with Crippen LogP contribution >= 0.6 is 11.6 Å². The summed E-state index contributed by atoms with van der Waals surface area (Å²) in [5.74, 6) is 1.88. The molecule has 2 aromatic heterocycles. The number of fused-ring (bicyclic) bond motifs is 1. The van der Waals surface area contributed by atoms with Gasteiger partial charge in [-0.25, -0.2) is 4.98 Å². The van der Waals surface area contributed by atoms with Crippen molar-refractivity contribution in [2.24, 2.45) is 5.92 Å². The molecule has 1 saturated carbocycles. The first-order valence-electron chi connectivity index (χ1n) is 11.5. The Hall–Kier alpha value is -2.80. The van der Waals surface area contributed by atoms with Gasteiger partial charge in [0.05, 0.1) is 25.6 Å². The number of benzene rings is 1. The SMILES string of the molecule is COc1ccc(CCN2C[C@H](CCOc3nc(Cl)cc4ncn(C5(C)CC5)c34)CC2=O)cc1. The maximum Gasteiger partial charge on any atom is 0.241 e. The van der Waals surface area contributed by atoms with Crippen molar-refractivity contribution < 1.29 is 14.3 Å². The number of rotatable bonds is 9. The Labute approximate surface area is 198 Å². The number of hydrogen-bond donors (Lipinski definition) is 0. The monoisotopic (exact) mass is 468 g/mol. The molecule has 1 aliphatic carbocycles. The number of carbonyl (C=O) groups is 1. The van der Waals surface area contributed by atoms with Gasteiger partial charge in [-0.3, -0.25) is 4.79 Å². The Bertz CT molecular complexity index is 1160. The molecule has 1 atom stereocenters. The number of amides is 1. The highest BCUT2D eigenvalue weighted by Gasteiger charge is 2.41. The number of likely N-dealkylation sites (tertiary alicyclic amines) is 1.